The lowest BCUT2D eigenvalue weighted by Crippen LogP contribution is -2.18. The summed E-state index contributed by atoms with van der Waals surface area (Å²) >= 11 is 5.91. The largest absolute Gasteiger partial charge is 0.475 e. The van der Waals surface area contributed by atoms with Gasteiger partial charge in [-0.1, -0.05) is 11.6 Å². The van der Waals surface area contributed by atoms with Gasteiger partial charge in [0.25, 0.3) is 0 Å². The van der Waals surface area contributed by atoms with E-state index in [1.165, 1.54) is 4.68 Å². The van der Waals surface area contributed by atoms with Crippen molar-refractivity contribution in [2.24, 2.45) is 0 Å². The highest BCUT2D eigenvalue weighted by atomic mass is 35.5. The first-order valence-corrected chi connectivity index (χ1v) is 5.15. The van der Waals surface area contributed by atoms with Gasteiger partial charge < -0.3 is 9.84 Å². The molecular formula is C10H7ClN2O3. The summed E-state index contributed by atoms with van der Waals surface area (Å²) in [6.45, 7) is 0. The Morgan fingerprint density at radius 1 is 1.62 bits per heavy atom. The monoisotopic (exact) mass is 238 g/mol. The van der Waals surface area contributed by atoms with E-state index in [-0.39, 0.29) is 10.9 Å². The third-order valence-electron chi connectivity index (χ3n) is 2.60. The lowest BCUT2D eigenvalue weighted by atomic mass is 10.0. The van der Waals surface area contributed by atoms with Crippen molar-refractivity contribution in [2.45, 2.75) is 12.8 Å². The van der Waals surface area contributed by atoms with Crippen LogP contribution in [-0.2, 0) is 16.0 Å². The number of hydrogen-bond acceptors (Lipinski definition) is 3. The van der Waals surface area contributed by atoms with Gasteiger partial charge in [0.05, 0.1) is 6.20 Å². The van der Waals surface area contributed by atoms with Crippen LogP contribution in [0, 0.1) is 0 Å². The normalized spacial score (nSPS) is 17.7. The minimum Gasteiger partial charge on any atom is -0.475 e. The number of carboxylic acids is 1. The second-order valence-corrected chi connectivity index (χ2v) is 3.92. The summed E-state index contributed by atoms with van der Waals surface area (Å²) in [5.41, 5.74) is 1.79. The van der Waals surface area contributed by atoms with Crippen molar-refractivity contribution in [1.82, 2.24) is 9.78 Å². The Kier molecular flexibility index (Phi) is 1.85. The Balaban J connectivity index is 2.27. The number of aryl methyl sites for hydroxylation is 1. The maximum Gasteiger partial charge on any atom is 0.375 e. The quantitative estimate of drug-likeness (QED) is 0.808. The van der Waals surface area contributed by atoms with Crippen LogP contribution in [0.5, 0.6) is 0 Å². The molecule has 0 fully saturated rings. The van der Waals surface area contributed by atoms with Crippen molar-refractivity contribution in [1.29, 1.82) is 0 Å². The molecule has 0 spiro atoms. The van der Waals surface area contributed by atoms with E-state index >= 15 is 0 Å². The van der Waals surface area contributed by atoms with Crippen LogP contribution in [-0.4, -0.2) is 20.9 Å². The second-order valence-electron chi connectivity index (χ2n) is 3.56. The average Bonchev–Trinajstić information content (AvgIpc) is 2.68. The van der Waals surface area contributed by atoms with Gasteiger partial charge in [-0.3, -0.25) is 0 Å². The molecule has 0 saturated heterocycles. The smallest absolute Gasteiger partial charge is 0.375 e. The highest BCUT2D eigenvalue weighted by Gasteiger charge is 2.31. The van der Waals surface area contributed by atoms with Crippen LogP contribution in [0.2, 0.25) is 0 Å². The lowest BCUT2D eigenvalue weighted by Gasteiger charge is -2.22. The summed E-state index contributed by atoms with van der Waals surface area (Å²) < 4.78 is 6.69. The van der Waals surface area contributed by atoms with Gasteiger partial charge in [-0.2, -0.15) is 5.10 Å². The molecule has 2 aliphatic rings. The van der Waals surface area contributed by atoms with Crippen LogP contribution in [0.1, 0.15) is 17.7 Å². The van der Waals surface area contributed by atoms with E-state index in [9.17, 15) is 4.79 Å². The molecule has 3 rings (SSSR count). The van der Waals surface area contributed by atoms with Gasteiger partial charge in [0.2, 0.25) is 5.76 Å². The number of nitrogens with zero attached hydrogens (tertiary/aromatic N) is 2. The van der Waals surface area contributed by atoms with Gasteiger partial charge in [-0.25, -0.2) is 9.48 Å². The maximum absolute atomic E-state index is 10.9. The zero-order chi connectivity index (χ0) is 11.3. The molecule has 0 bridgehead atoms. The van der Waals surface area contributed by atoms with Crippen LogP contribution in [0.4, 0.5) is 0 Å². The molecule has 1 aliphatic heterocycles. The Bertz CT molecular complexity index is 556. The van der Waals surface area contributed by atoms with Crippen molar-refractivity contribution < 1.29 is 14.6 Å². The summed E-state index contributed by atoms with van der Waals surface area (Å²) in [6.07, 6.45) is 5.24. The predicted molar refractivity (Wildman–Crippen MR) is 56.3 cm³/mol. The molecule has 1 aromatic rings. The van der Waals surface area contributed by atoms with Gasteiger partial charge in [0, 0.05) is 5.56 Å². The first kappa shape index (κ1) is 9.47. The molecule has 0 aromatic carbocycles. The zero-order valence-corrected chi connectivity index (χ0v) is 8.86. The van der Waals surface area contributed by atoms with E-state index in [1.807, 2.05) is 6.08 Å². The summed E-state index contributed by atoms with van der Waals surface area (Å²) in [5, 5.41) is 13.0. The fourth-order valence-corrected chi connectivity index (χ4v) is 2.15. The Morgan fingerprint density at radius 3 is 3.19 bits per heavy atom. The summed E-state index contributed by atoms with van der Waals surface area (Å²) in [4.78, 5) is 10.9. The van der Waals surface area contributed by atoms with Gasteiger partial charge >= 0.3 is 5.97 Å². The molecule has 82 valence electrons. The van der Waals surface area contributed by atoms with Crippen molar-refractivity contribution >= 4 is 28.5 Å². The molecule has 0 atom stereocenters. The van der Waals surface area contributed by atoms with Gasteiger partial charge in [-0.05, 0) is 18.9 Å². The van der Waals surface area contributed by atoms with E-state index in [1.54, 1.807) is 6.20 Å². The Hall–Kier alpha value is -1.75. The molecule has 0 unspecified atom stereocenters. The fraction of sp³-hybridized carbons (Fsp3) is 0.200. The summed E-state index contributed by atoms with van der Waals surface area (Å²) in [5.74, 6) is -0.948. The van der Waals surface area contributed by atoms with E-state index in [4.69, 9.17) is 21.4 Å². The molecule has 2 heterocycles. The average molecular weight is 239 g/mol. The molecule has 16 heavy (non-hydrogen) atoms. The Labute approximate surface area is 95.6 Å². The molecule has 0 saturated carbocycles. The number of rotatable bonds is 1. The van der Waals surface area contributed by atoms with Crippen molar-refractivity contribution in [3.63, 3.8) is 0 Å². The van der Waals surface area contributed by atoms with Crippen molar-refractivity contribution in [3.8, 4) is 0 Å². The highest BCUT2D eigenvalue weighted by Crippen LogP contribution is 2.37. The molecule has 0 radical (unpaired) electrons. The van der Waals surface area contributed by atoms with Crippen LogP contribution >= 0.6 is 11.6 Å². The summed E-state index contributed by atoms with van der Waals surface area (Å²) in [7, 11) is 0. The number of aliphatic carboxylic acids is 1. The SMILES string of the molecule is O=C(O)C1=C(Cl)n2ncc3c2C(=CCC3)O1. The molecule has 1 aliphatic carbocycles. The van der Waals surface area contributed by atoms with Crippen LogP contribution in [0.25, 0.3) is 10.9 Å². The fourth-order valence-electron chi connectivity index (χ4n) is 1.90. The van der Waals surface area contributed by atoms with Crippen molar-refractivity contribution in [2.75, 3.05) is 0 Å². The van der Waals surface area contributed by atoms with Crippen LogP contribution in [0.3, 0.4) is 0 Å². The third kappa shape index (κ3) is 1.12. The molecule has 0 amide bonds. The highest BCUT2D eigenvalue weighted by molar-refractivity contribution is 6.47. The van der Waals surface area contributed by atoms with E-state index < -0.39 is 5.97 Å². The molecule has 6 heteroatoms. The number of hydrogen-bond donors (Lipinski definition) is 1. The minimum atomic E-state index is -1.20. The predicted octanol–water partition coefficient (Wildman–Crippen LogP) is 1.65. The standard InChI is InChI=1S/C10H7ClN2O3/c11-9-8(10(14)15)16-6-3-1-2-5-4-12-13(9)7(5)6/h3-4H,1-2H2,(H,14,15). The van der Waals surface area contributed by atoms with Crippen molar-refractivity contribution in [3.05, 3.63) is 29.3 Å². The van der Waals surface area contributed by atoms with E-state index in [2.05, 4.69) is 5.10 Å². The van der Waals surface area contributed by atoms with Crippen LogP contribution < -0.4 is 0 Å². The Morgan fingerprint density at radius 2 is 2.44 bits per heavy atom. The first-order chi connectivity index (χ1) is 7.68. The minimum absolute atomic E-state index is 0.00667. The molecule has 5 nitrogen and oxygen atoms in total. The van der Waals surface area contributed by atoms with E-state index in [0.717, 1.165) is 24.1 Å². The third-order valence-corrected chi connectivity index (χ3v) is 2.93. The molecule has 1 N–H and O–H groups in total. The second kappa shape index (κ2) is 3.12. The number of ether oxygens (including phenoxy) is 1. The summed E-state index contributed by atoms with van der Waals surface area (Å²) in [6, 6.07) is 0. The first-order valence-electron chi connectivity index (χ1n) is 4.77. The van der Waals surface area contributed by atoms with Gasteiger partial charge in [0.15, 0.2) is 5.16 Å². The van der Waals surface area contributed by atoms with E-state index in [0.29, 0.717) is 5.76 Å². The number of carbonyl (C=O) groups is 1. The number of halogens is 1. The van der Waals surface area contributed by atoms with Crippen LogP contribution in [0.15, 0.2) is 18.0 Å². The number of carboxylic acid groups (broad SMARTS) is 1. The van der Waals surface area contributed by atoms with Gasteiger partial charge in [0.1, 0.15) is 11.5 Å². The lowest BCUT2D eigenvalue weighted by molar-refractivity contribution is -0.135. The molecule has 1 aromatic heterocycles. The topological polar surface area (TPSA) is 64.3 Å². The zero-order valence-electron chi connectivity index (χ0n) is 8.11. The molecular weight excluding hydrogens is 232 g/mol. The van der Waals surface area contributed by atoms with Gasteiger partial charge in [-0.15, -0.1) is 0 Å². The number of allylic oxidation sites excluding steroid dienone is 1. The number of aromatic nitrogens is 2. The maximum atomic E-state index is 10.9.